The lowest BCUT2D eigenvalue weighted by atomic mass is 10.0. The van der Waals surface area contributed by atoms with E-state index in [1.54, 1.807) is 0 Å². The number of hydrogen-bond acceptors (Lipinski definition) is 2. The SMILES string of the molecule is CCCCCCCCCCCCCCCCCCCNC(O)CC. The summed E-state index contributed by atoms with van der Waals surface area (Å²) >= 11 is 0. The third kappa shape index (κ3) is 20.0. The Hall–Kier alpha value is -0.0800. The summed E-state index contributed by atoms with van der Waals surface area (Å²) in [4.78, 5) is 0. The van der Waals surface area contributed by atoms with E-state index in [9.17, 15) is 5.11 Å². The van der Waals surface area contributed by atoms with Crippen LogP contribution in [0, 0.1) is 0 Å². The molecule has 0 heterocycles. The number of nitrogens with one attached hydrogen (secondary N) is 1. The predicted octanol–water partition coefficient (Wildman–Crippen LogP) is 6.96. The molecule has 0 spiro atoms. The average Bonchev–Trinajstić information content (AvgIpc) is 2.60. The highest BCUT2D eigenvalue weighted by Crippen LogP contribution is 2.13. The molecule has 0 aromatic rings. The molecule has 0 aromatic heterocycles. The van der Waals surface area contributed by atoms with Crippen LogP contribution in [0.15, 0.2) is 0 Å². The van der Waals surface area contributed by atoms with Gasteiger partial charge in [0, 0.05) is 0 Å². The zero-order valence-corrected chi connectivity index (χ0v) is 17.0. The van der Waals surface area contributed by atoms with Gasteiger partial charge in [0.2, 0.25) is 0 Å². The Morgan fingerprint density at radius 3 is 1.21 bits per heavy atom. The van der Waals surface area contributed by atoms with Crippen LogP contribution in [0.25, 0.3) is 0 Å². The monoisotopic (exact) mass is 341 g/mol. The number of rotatable bonds is 20. The van der Waals surface area contributed by atoms with Crippen LogP contribution in [0.5, 0.6) is 0 Å². The maximum atomic E-state index is 9.38. The summed E-state index contributed by atoms with van der Waals surface area (Å²) in [5.74, 6) is 0. The van der Waals surface area contributed by atoms with Crippen LogP contribution < -0.4 is 5.32 Å². The van der Waals surface area contributed by atoms with Gasteiger partial charge in [0.1, 0.15) is 6.23 Å². The van der Waals surface area contributed by atoms with Crippen molar-refractivity contribution < 1.29 is 5.11 Å². The van der Waals surface area contributed by atoms with Crippen LogP contribution in [-0.4, -0.2) is 17.9 Å². The van der Waals surface area contributed by atoms with Gasteiger partial charge in [0.05, 0.1) is 0 Å². The molecule has 0 radical (unpaired) electrons. The molecular formula is C22H47NO. The highest BCUT2D eigenvalue weighted by molar-refractivity contribution is 4.53. The van der Waals surface area contributed by atoms with Crippen molar-refractivity contribution in [2.75, 3.05) is 6.54 Å². The minimum Gasteiger partial charge on any atom is -0.379 e. The summed E-state index contributed by atoms with van der Waals surface area (Å²) < 4.78 is 0. The van der Waals surface area contributed by atoms with Crippen molar-refractivity contribution in [3.8, 4) is 0 Å². The second kappa shape index (κ2) is 21.0. The molecule has 1 unspecified atom stereocenters. The fraction of sp³-hybridized carbons (Fsp3) is 1.00. The zero-order valence-electron chi connectivity index (χ0n) is 17.0. The lowest BCUT2D eigenvalue weighted by Crippen LogP contribution is -2.28. The molecule has 0 saturated carbocycles. The molecule has 0 aliphatic heterocycles. The summed E-state index contributed by atoms with van der Waals surface area (Å²) in [6.07, 6.45) is 24.5. The molecule has 0 aromatic carbocycles. The first-order valence-electron chi connectivity index (χ1n) is 11.2. The number of aliphatic hydroxyl groups excluding tert-OH is 1. The smallest absolute Gasteiger partial charge is 0.104 e. The van der Waals surface area contributed by atoms with Crippen molar-refractivity contribution in [1.82, 2.24) is 5.32 Å². The summed E-state index contributed by atoms with van der Waals surface area (Å²) in [6.45, 7) is 5.26. The van der Waals surface area contributed by atoms with Gasteiger partial charge in [-0.3, -0.25) is 5.32 Å². The molecule has 0 aliphatic carbocycles. The van der Waals surface area contributed by atoms with E-state index in [0.29, 0.717) is 0 Å². The van der Waals surface area contributed by atoms with Crippen LogP contribution in [0.2, 0.25) is 0 Å². The van der Waals surface area contributed by atoms with E-state index in [-0.39, 0.29) is 6.23 Å². The minimum absolute atomic E-state index is 0.300. The van der Waals surface area contributed by atoms with Crippen LogP contribution in [0.3, 0.4) is 0 Å². The molecule has 1 atom stereocenters. The quantitative estimate of drug-likeness (QED) is 0.185. The Labute approximate surface area is 153 Å². The van der Waals surface area contributed by atoms with E-state index in [1.165, 1.54) is 109 Å². The lowest BCUT2D eigenvalue weighted by Gasteiger charge is -2.09. The molecular weight excluding hydrogens is 294 g/mol. The van der Waals surface area contributed by atoms with E-state index in [2.05, 4.69) is 12.2 Å². The number of aliphatic hydroxyl groups is 1. The fourth-order valence-corrected chi connectivity index (χ4v) is 3.26. The highest BCUT2D eigenvalue weighted by atomic mass is 16.3. The Morgan fingerprint density at radius 1 is 0.542 bits per heavy atom. The second-order valence-electron chi connectivity index (χ2n) is 7.54. The van der Waals surface area contributed by atoms with Gasteiger partial charge in [-0.1, -0.05) is 117 Å². The maximum absolute atomic E-state index is 9.38. The van der Waals surface area contributed by atoms with Gasteiger partial charge in [-0.25, -0.2) is 0 Å². The Kier molecular flexibility index (Phi) is 20.9. The van der Waals surface area contributed by atoms with Gasteiger partial charge in [0.25, 0.3) is 0 Å². The van der Waals surface area contributed by atoms with Gasteiger partial charge >= 0.3 is 0 Å². The van der Waals surface area contributed by atoms with Crippen LogP contribution in [-0.2, 0) is 0 Å². The summed E-state index contributed by atoms with van der Waals surface area (Å²) in [5, 5.41) is 12.5. The minimum atomic E-state index is -0.300. The van der Waals surface area contributed by atoms with Crippen molar-refractivity contribution in [3.05, 3.63) is 0 Å². The third-order valence-corrected chi connectivity index (χ3v) is 5.05. The normalized spacial score (nSPS) is 12.6. The summed E-state index contributed by atoms with van der Waals surface area (Å²) in [5.41, 5.74) is 0. The zero-order chi connectivity index (χ0) is 17.7. The van der Waals surface area contributed by atoms with Gasteiger partial charge < -0.3 is 5.11 Å². The van der Waals surface area contributed by atoms with Gasteiger partial charge in [0.15, 0.2) is 0 Å². The molecule has 146 valence electrons. The molecule has 0 rings (SSSR count). The fourth-order valence-electron chi connectivity index (χ4n) is 3.26. The summed E-state index contributed by atoms with van der Waals surface area (Å²) in [6, 6.07) is 0. The molecule has 2 nitrogen and oxygen atoms in total. The van der Waals surface area contributed by atoms with Crippen LogP contribution >= 0.6 is 0 Å². The molecule has 0 saturated heterocycles. The van der Waals surface area contributed by atoms with Crippen molar-refractivity contribution in [2.24, 2.45) is 0 Å². The van der Waals surface area contributed by atoms with Crippen molar-refractivity contribution in [2.45, 2.75) is 136 Å². The number of hydrogen-bond donors (Lipinski definition) is 2. The first-order valence-corrected chi connectivity index (χ1v) is 11.2. The van der Waals surface area contributed by atoms with Gasteiger partial charge in [-0.2, -0.15) is 0 Å². The second-order valence-corrected chi connectivity index (χ2v) is 7.54. The predicted molar refractivity (Wildman–Crippen MR) is 108 cm³/mol. The first kappa shape index (κ1) is 23.9. The first-order chi connectivity index (χ1) is 11.8. The molecule has 0 amide bonds. The molecule has 0 bridgehead atoms. The van der Waals surface area contributed by atoms with E-state index >= 15 is 0 Å². The van der Waals surface area contributed by atoms with Gasteiger partial charge in [-0.05, 0) is 19.4 Å². The van der Waals surface area contributed by atoms with Crippen LogP contribution in [0.1, 0.15) is 129 Å². The average molecular weight is 342 g/mol. The van der Waals surface area contributed by atoms with Gasteiger partial charge in [-0.15, -0.1) is 0 Å². The van der Waals surface area contributed by atoms with E-state index in [1.807, 2.05) is 6.92 Å². The summed E-state index contributed by atoms with van der Waals surface area (Å²) in [7, 11) is 0. The molecule has 2 heteroatoms. The van der Waals surface area contributed by atoms with E-state index < -0.39 is 0 Å². The Bertz CT molecular complexity index is 220. The third-order valence-electron chi connectivity index (χ3n) is 5.05. The molecule has 0 aliphatic rings. The van der Waals surface area contributed by atoms with Crippen molar-refractivity contribution >= 4 is 0 Å². The van der Waals surface area contributed by atoms with Crippen LogP contribution in [0.4, 0.5) is 0 Å². The molecule has 24 heavy (non-hydrogen) atoms. The molecule has 2 N–H and O–H groups in total. The van der Waals surface area contributed by atoms with E-state index in [4.69, 9.17) is 0 Å². The van der Waals surface area contributed by atoms with E-state index in [0.717, 1.165) is 13.0 Å². The highest BCUT2D eigenvalue weighted by Gasteiger charge is 1.98. The maximum Gasteiger partial charge on any atom is 0.104 e. The standard InChI is InChI=1S/C22H47NO/c1-3-5-6-7-8-9-10-11-12-13-14-15-16-17-18-19-20-21-23-22(24)4-2/h22-24H,3-21H2,1-2H3. The Balaban J connectivity index is 2.98. The topological polar surface area (TPSA) is 32.3 Å². The Morgan fingerprint density at radius 2 is 0.875 bits per heavy atom. The van der Waals surface area contributed by atoms with Crippen molar-refractivity contribution in [3.63, 3.8) is 0 Å². The number of unbranched alkanes of at least 4 members (excludes halogenated alkanes) is 16. The lowest BCUT2D eigenvalue weighted by molar-refractivity contribution is 0.133. The van der Waals surface area contributed by atoms with Crippen molar-refractivity contribution in [1.29, 1.82) is 0 Å². The largest absolute Gasteiger partial charge is 0.379 e. The molecule has 0 fully saturated rings.